The van der Waals surface area contributed by atoms with Gasteiger partial charge in [-0.3, -0.25) is 9.59 Å². The van der Waals surface area contributed by atoms with Gasteiger partial charge in [0, 0.05) is 80.0 Å². The third-order valence-corrected chi connectivity index (χ3v) is 13.5. The highest BCUT2D eigenvalue weighted by atomic mass is 16.5. The topological polar surface area (TPSA) is 96.0 Å². The molecule has 10 rings (SSSR count). The van der Waals surface area contributed by atoms with Gasteiger partial charge in [-0.25, -0.2) is 0 Å². The lowest BCUT2D eigenvalue weighted by atomic mass is 9.75. The number of piperidine rings is 2. The fourth-order valence-corrected chi connectivity index (χ4v) is 9.89. The van der Waals surface area contributed by atoms with E-state index in [2.05, 4.69) is 84.9 Å². The van der Waals surface area contributed by atoms with Gasteiger partial charge in [-0.15, -0.1) is 0 Å². The molecule has 6 aromatic carbocycles. The monoisotopic (exact) mass is 884 g/mol. The molecule has 2 spiro atoms. The zero-order valence-electron chi connectivity index (χ0n) is 38.0. The molecule has 0 aromatic heterocycles. The van der Waals surface area contributed by atoms with Gasteiger partial charge in [0.1, 0.15) is 22.7 Å². The molecule has 4 aliphatic heterocycles. The van der Waals surface area contributed by atoms with Gasteiger partial charge >= 0.3 is 0 Å². The highest BCUT2D eigenvalue weighted by molar-refractivity contribution is 5.96. The molecule has 0 aliphatic carbocycles. The summed E-state index contributed by atoms with van der Waals surface area (Å²) in [7, 11) is 6.33. The molecule has 6 aromatic rings. The minimum atomic E-state index is -0.423. The summed E-state index contributed by atoms with van der Waals surface area (Å²) in [5.41, 5.74) is 6.57. The Labute approximate surface area is 387 Å². The maximum absolute atomic E-state index is 13.2. The second-order valence-corrected chi connectivity index (χ2v) is 17.3. The van der Waals surface area contributed by atoms with Gasteiger partial charge < -0.3 is 38.2 Å². The van der Waals surface area contributed by atoms with Crippen molar-refractivity contribution >= 4 is 17.4 Å². The quantitative estimate of drug-likeness (QED) is 0.149. The van der Waals surface area contributed by atoms with Crippen molar-refractivity contribution in [3.8, 4) is 34.5 Å². The van der Waals surface area contributed by atoms with Crippen molar-refractivity contribution < 1.29 is 38.0 Å². The highest BCUT2D eigenvalue weighted by Crippen LogP contribution is 2.48. The number of amides is 2. The van der Waals surface area contributed by atoms with Gasteiger partial charge in [-0.2, -0.15) is 0 Å². The van der Waals surface area contributed by atoms with Crippen molar-refractivity contribution in [1.82, 2.24) is 9.80 Å². The number of nitrogens with zero attached hydrogens (tertiary/aromatic N) is 2. The van der Waals surface area contributed by atoms with Crippen LogP contribution in [0.4, 0.5) is 0 Å². The number of rotatable bonds is 8. The molecule has 2 amide bonds. The first-order valence-electron chi connectivity index (χ1n) is 22.7. The van der Waals surface area contributed by atoms with Crippen LogP contribution in [0.1, 0.15) is 81.0 Å². The van der Waals surface area contributed by atoms with Crippen molar-refractivity contribution in [1.29, 1.82) is 0 Å². The van der Waals surface area contributed by atoms with E-state index >= 15 is 0 Å². The van der Waals surface area contributed by atoms with Crippen molar-refractivity contribution in [3.05, 3.63) is 185 Å². The molecule has 0 bridgehead atoms. The molecule has 10 heteroatoms. The number of likely N-dealkylation sites (tertiary alicyclic amines) is 2. The summed E-state index contributed by atoms with van der Waals surface area (Å²) in [4.78, 5) is 30.2. The summed E-state index contributed by atoms with van der Waals surface area (Å²) in [5, 5.41) is 0. The molecule has 0 N–H and O–H groups in total. The van der Waals surface area contributed by atoms with E-state index in [1.165, 1.54) is 22.3 Å². The number of benzene rings is 6. The van der Waals surface area contributed by atoms with Crippen LogP contribution in [0.25, 0.3) is 5.57 Å². The van der Waals surface area contributed by atoms with Gasteiger partial charge in [0.2, 0.25) is 0 Å². The van der Waals surface area contributed by atoms with E-state index in [-0.39, 0.29) is 17.4 Å². The molecule has 338 valence electrons. The summed E-state index contributed by atoms with van der Waals surface area (Å²) in [5.74, 6) is 4.53. The largest absolute Gasteiger partial charge is 0.493 e. The lowest BCUT2D eigenvalue weighted by molar-refractivity contribution is -0.0149. The molecule has 0 saturated carbocycles. The van der Waals surface area contributed by atoms with Gasteiger partial charge in [0.05, 0.1) is 28.4 Å². The second-order valence-electron chi connectivity index (χ2n) is 17.3. The van der Waals surface area contributed by atoms with E-state index in [0.29, 0.717) is 66.2 Å². The van der Waals surface area contributed by atoms with Crippen molar-refractivity contribution in [2.24, 2.45) is 0 Å². The number of hydrogen-bond donors (Lipinski definition) is 0. The molecule has 1 atom stereocenters. The average molecular weight is 885 g/mol. The third kappa shape index (κ3) is 8.92. The Bertz CT molecular complexity index is 2700. The van der Waals surface area contributed by atoms with Crippen LogP contribution in [0.2, 0.25) is 0 Å². The summed E-state index contributed by atoms with van der Waals surface area (Å²) < 4.78 is 34.5. The SMILES string of the molecule is COc1ccc(C(=O)N2CCC3(C=C(c4ccccc4)c4ccccc4O3)CC2)cc1OC.COc1ccc(C(=O)N2CCC3(CC2)CC(c2ccccc2)c2ccccc2O3)cc1OC. The molecular formula is C56H56N2O8. The zero-order valence-corrected chi connectivity index (χ0v) is 38.0. The maximum Gasteiger partial charge on any atom is 0.253 e. The fourth-order valence-electron chi connectivity index (χ4n) is 9.89. The van der Waals surface area contributed by atoms with E-state index < -0.39 is 5.60 Å². The van der Waals surface area contributed by atoms with Crippen LogP contribution in [0.15, 0.2) is 152 Å². The number of carbonyl (C=O) groups is 2. The van der Waals surface area contributed by atoms with Crippen LogP contribution >= 0.6 is 0 Å². The summed E-state index contributed by atoms with van der Waals surface area (Å²) in [6.45, 7) is 2.57. The zero-order chi connectivity index (χ0) is 45.7. The standard InChI is InChI=1S/C28H29NO4.C28H27NO4/c2*1-31-25-13-12-21(18-26(25)32-2)27(30)29-16-14-28(15-17-29)19-23(20-8-4-3-5-9-20)22-10-6-7-11-24(22)33-28/h3-13,18,23H,14-17,19H2,1-2H3;3-13,18-19H,14-17H2,1-2H3. The molecule has 0 radical (unpaired) electrons. The van der Waals surface area contributed by atoms with E-state index in [9.17, 15) is 9.59 Å². The van der Waals surface area contributed by atoms with E-state index in [1.54, 1.807) is 64.8 Å². The Hall–Kier alpha value is -7.20. The van der Waals surface area contributed by atoms with Crippen molar-refractivity contribution in [2.45, 2.75) is 49.2 Å². The minimum absolute atomic E-state index is 0.00530. The normalized spacial score (nSPS) is 17.6. The van der Waals surface area contributed by atoms with Crippen molar-refractivity contribution in [2.75, 3.05) is 54.6 Å². The molecule has 2 fully saturated rings. The van der Waals surface area contributed by atoms with Crippen molar-refractivity contribution in [3.63, 3.8) is 0 Å². The van der Waals surface area contributed by atoms with E-state index in [0.717, 1.165) is 49.2 Å². The van der Waals surface area contributed by atoms with Crippen LogP contribution in [-0.2, 0) is 0 Å². The van der Waals surface area contributed by atoms with Gasteiger partial charge in [-0.1, -0.05) is 97.1 Å². The van der Waals surface area contributed by atoms with Gasteiger partial charge in [0.15, 0.2) is 23.0 Å². The first-order chi connectivity index (χ1) is 32.2. The number of hydrogen-bond acceptors (Lipinski definition) is 8. The lowest BCUT2D eigenvalue weighted by Gasteiger charge is -2.47. The number of methoxy groups -OCH3 is 4. The van der Waals surface area contributed by atoms with Crippen LogP contribution in [0, 0.1) is 0 Å². The van der Waals surface area contributed by atoms with Crippen LogP contribution in [-0.4, -0.2) is 87.4 Å². The molecule has 1 unspecified atom stereocenters. The predicted octanol–water partition coefficient (Wildman–Crippen LogP) is 10.5. The second kappa shape index (κ2) is 19.1. The summed E-state index contributed by atoms with van der Waals surface area (Å²) in [6.07, 6.45) is 6.27. The molecule has 4 aliphatic rings. The third-order valence-electron chi connectivity index (χ3n) is 13.5. The molecule has 66 heavy (non-hydrogen) atoms. The fraction of sp³-hybridized carbons (Fsp3) is 0.286. The minimum Gasteiger partial charge on any atom is -0.493 e. The number of fused-ring (bicyclic) bond motifs is 2. The molecule has 10 nitrogen and oxygen atoms in total. The Kier molecular flexibility index (Phi) is 12.7. The molecule has 4 heterocycles. The van der Waals surface area contributed by atoms with Crippen LogP contribution < -0.4 is 28.4 Å². The number of ether oxygens (including phenoxy) is 6. The number of carbonyl (C=O) groups excluding carboxylic acids is 2. The predicted molar refractivity (Wildman–Crippen MR) is 255 cm³/mol. The Morgan fingerprint density at radius 2 is 1.03 bits per heavy atom. The molecular weight excluding hydrogens is 829 g/mol. The number of para-hydroxylation sites is 2. The lowest BCUT2D eigenvalue weighted by Crippen LogP contribution is -2.51. The maximum atomic E-state index is 13.2. The first kappa shape index (κ1) is 44.0. The molecule has 2 saturated heterocycles. The highest BCUT2D eigenvalue weighted by Gasteiger charge is 2.45. The van der Waals surface area contributed by atoms with Crippen LogP contribution in [0.5, 0.6) is 34.5 Å². The van der Waals surface area contributed by atoms with E-state index in [1.807, 2.05) is 40.1 Å². The first-order valence-corrected chi connectivity index (χ1v) is 22.7. The Balaban J connectivity index is 0.000000166. The summed E-state index contributed by atoms with van der Waals surface area (Å²) >= 11 is 0. The average Bonchev–Trinajstić information content (AvgIpc) is 3.38. The smallest absolute Gasteiger partial charge is 0.253 e. The van der Waals surface area contributed by atoms with Gasteiger partial charge in [0.25, 0.3) is 11.8 Å². The Morgan fingerprint density at radius 1 is 0.530 bits per heavy atom. The van der Waals surface area contributed by atoms with Crippen LogP contribution in [0.3, 0.4) is 0 Å². The Morgan fingerprint density at radius 3 is 1.61 bits per heavy atom. The summed E-state index contributed by atoms with van der Waals surface area (Å²) in [6, 6.07) is 48.3. The van der Waals surface area contributed by atoms with E-state index in [4.69, 9.17) is 28.4 Å². The van der Waals surface area contributed by atoms with Gasteiger partial charge in [-0.05, 0) is 77.7 Å².